The monoisotopic (exact) mass is 309 g/mol. The van der Waals surface area contributed by atoms with Gasteiger partial charge in [-0.3, -0.25) is 0 Å². The fraction of sp³-hybridized carbons (Fsp3) is 0.667. The van der Waals surface area contributed by atoms with Gasteiger partial charge >= 0.3 is 0 Å². The maximum absolute atomic E-state index is 6.46. The zero-order valence-electron chi connectivity index (χ0n) is 13.7. The highest BCUT2D eigenvalue weighted by molar-refractivity contribution is 6.30. The van der Waals surface area contributed by atoms with E-state index < -0.39 is 0 Å². The Bertz CT molecular complexity index is 460. The topological polar surface area (TPSA) is 21.3 Å². The molecular weight excluding hydrogens is 282 g/mol. The number of nitrogens with one attached hydrogen (secondary N) is 1. The van der Waals surface area contributed by atoms with Gasteiger partial charge in [0.1, 0.15) is 0 Å². The van der Waals surface area contributed by atoms with Gasteiger partial charge in [-0.05, 0) is 55.3 Å². The minimum atomic E-state index is 0.0693. The van der Waals surface area contributed by atoms with Crippen molar-refractivity contribution in [3.8, 4) is 0 Å². The van der Waals surface area contributed by atoms with Crippen LogP contribution in [-0.4, -0.2) is 19.7 Å². The number of hydrogen-bond donors (Lipinski definition) is 1. The predicted octanol–water partition coefficient (Wildman–Crippen LogP) is 4.83. The van der Waals surface area contributed by atoms with Crippen molar-refractivity contribution < 1.29 is 4.74 Å². The summed E-state index contributed by atoms with van der Waals surface area (Å²) in [6.07, 6.45) is 3.99. The number of ether oxygens (including phenoxy) is 1. The first-order chi connectivity index (χ1) is 9.89. The maximum atomic E-state index is 6.46. The number of likely N-dealkylation sites (N-methyl/N-ethyl adjacent to an activating group) is 1. The van der Waals surface area contributed by atoms with Gasteiger partial charge in [0.15, 0.2) is 0 Å². The summed E-state index contributed by atoms with van der Waals surface area (Å²) in [4.78, 5) is 0. The Labute approximate surface area is 134 Å². The molecule has 2 rings (SSSR count). The third kappa shape index (κ3) is 4.98. The highest BCUT2D eigenvalue weighted by Gasteiger charge is 2.33. The van der Waals surface area contributed by atoms with Gasteiger partial charge in [0, 0.05) is 11.6 Å². The van der Waals surface area contributed by atoms with Crippen molar-refractivity contribution in [1.29, 1.82) is 0 Å². The molecule has 0 aromatic heterocycles. The van der Waals surface area contributed by atoms with Crippen LogP contribution in [0, 0.1) is 11.3 Å². The second-order valence-electron chi connectivity index (χ2n) is 7.27. The summed E-state index contributed by atoms with van der Waals surface area (Å²) >= 11 is 6.12. The third-order valence-corrected chi connectivity index (χ3v) is 4.55. The standard InChI is InChI=1S/C18H28ClNO/c1-13-8-16(11-18(2,3)10-13)21-17(12-20-4)14-6-5-7-15(19)9-14/h5-7,9,13,16-17,20H,8,10-12H2,1-4H3. The van der Waals surface area contributed by atoms with Gasteiger partial charge in [0.05, 0.1) is 12.2 Å². The zero-order valence-corrected chi connectivity index (χ0v) is 14.4. The SMILES string of the molecule is CNCC(OC1CC(C)CC(C)(C)C1)c1cccc(Cl)c1. The molecule has 0 radical (unpaired) electrons. The van der Waals surface area contributed by atoms with Crippen LogP contribution in [0.5, 0.6) is 0 Å². The molecular formula is C18H28ClNO. The van der Waals surface area contributed by atoms with E-state index in [0.717, 1.165) is 35.9 Å². The van der Waals surface area contributed by atoms with Crippen LogP contribution >= 0.6 is 11.6 Å². The lowest BCUT2D eigenvalue weighted by atomic mass is 9.71. The molecule has 1 N–H and O–H groups in total. The second-order valence-corrected chi connectivity index (χ2v) is 7.71. The van der Waals surface area contributed by atoms with E-state index >= 15 is 0 Å². The average molecular weight is 310 g/mol. The fourth-order valence-corrected chi connectivity index (χ4v) is 3.93. The lowest BCUT2D eigenvalue weighted by molar-refractivity contribution is -0.0656. The third-order valence-electron chi connectivity index (χ3n) is 4.31. The summed E-state index contributed by atoms with van der Waals surface area (Å²) in [7, 11) is 1.97. The first kappa shape index (κ1) is 16.8. The summed E-state index contributed by atoms with van der Waals surface area (Å²) in [5.74, 6) is 0.730. The highest BCUT2D eigenvalue weighted by Crippen LogP contribution is 2.41. The molecule has 3 heteroatoms. The quantitative estimate of drug-likeness (QED) is 0.841. The molecule has 1 saturated carbocycles. The van der Waals surface area contributed by atoms with Crippen LogP contribution in [-0.2, 0) is 4.74 Å². The molecule has 1 aliphatic rings. The van der Waals surface area contributed by atoms with Crippen molar-refractivity contribution in [3.63, 3.8) is 0 Å². The van der Waals surface area contributed by atoms with E-state index in [1.165, 1.54) is 6.42 Å². The van der Waals surface area contributed by atoms with Crippen LogP contribution in [0.15, 0.2) is 24.3 Å². The first-order valence-electron chi connectivity index (χ1n) is 7.95. The van der Waals surface area contributed by atoms with Gasteiger partial charge in [-0.25, -0.2) is 0 Å². The molecule has 3 atom stereocenters. The Hall–Kier alpha value is -0.570. The van der Waals surface area contributed by atoms with Crippen LogP contribution < -0.4 is 5.32 Å². The molecule has 3 unspecified atom stereocenters. The molecule has 0 heterocycles. The van der Waals surface area contributed by atoms with Crippen molar-refractivity contribution >= 4 is 11.6 Å². The summed E-state index contributed by atoms with van der Waals surface area (Å²) in [5.41, 5.74) is 1.54. The van der Waals surface area contributed by atoms with Crippen LogP contribution in [0.4, 0.5) is 0 Å². The Balaban J connectivity index is 2.09. The van der Waals surface area contributed by atoms with Crippen LogP contribution in [0.25, 0.3) is 0 Å². The minimum Gasteiger partial charge on any atom is -0.369 e. The van der Waals surface area contributed by atoms with Gasteiger partial charge in [-0.15, -0.1) is 0 Å². The molecule has 1 aliphatic carbocycles. The molecule has 118 valence electrons. The fourth-order valence-electron chi connectivity index (χ4n) is 3.73. The van der Waals surface area contributed by atoms with Crippen LogP contribution in [0.3, 0.4) is 0 Å². The van der Waals surface area contributed by atoms with Gasteiger partial charge in [0.2, 0.25) is 0 Å². The van der Waals surface area contributed by atoms with Crippen molar-refractivity contribution in [2.75, 3.05) is 13.6 Å². The summed E-state index contributed by atoms with van der Waals surface area (Å²) in [6, 6.07) is 8.02. The first-order valence-corrected chi connectivity index (χ1v) is 8.33. The highest BCUT2D eigenvalue weighted by atomic mass is 35.5. The predicted molar refractivity (Wildman–Crippen MR) is 89.8 cm³/mol. The van der Waals surface area contributed by atoms with E-state index in [9.17, 15) is 0 Å². The Kier molecular flexibility index (Phi) is 5.70. The van der Waals surface area contributed by atoms with E-state index in [0.29, 0.717) is 11.5 Å². The largest absolute Gasteiger partial charge is 0.369 e. The molecule has 1 aromatic rings. The number of hydrogen-bond acceptors (Lipinski definition) is 2. The summed E-state index contributed by atoms with van der Waals surface area (Å²) in [6.45, 7) is 7.85. The minimum absolute atomic E-state index is 0.0693. The molecule has 0 amide bonds. The Morgan fingerprint density at radius 1 is 1.38 bits per heavy atom. The zero-order chi connectivity index (χ0) is 15.5. The molecule has 2 nitrogen and oxygen atoms in total. The van der Waals surface area contributed by atoms with E-state index in [1.54, 1.807) is 0 Å². The maximum Gasteiger partial charge on any atom is 0.0953 e. The molecule has 1 aromatic carbocycles. The van der Waals surface area contributed by atoms with E-state index in [-0.39, 0.29) is 6.10 Å². The molecule has 0 aliphatic heterocycles. The van der Waals surface area contributed by atoms with Crippen molar-refractivity contribution in [2.45, 2.75) is 52.2 Å². The molecule has 0 spiro atoms. The van der Waals surface area contributed by atoms with Crippen LogP contribution in [0.1, 0.15) is 51.7 Å². The van der Waals surface area contributed by atoms with Crippen molar-refractivity contribution in [2.24, 2.45) is 11.3 Å². The summed E-state index contributed by atoms with van der Waals surface area (Å²) in [5, 5.41) is 4.01. The molecule has 0 saturated heterocycles. The van der Waals surface area contributed by atoms with E-state index in [2.05, 4.69) is 32.2 Å². The number of benzene rings is 1. The van der Waals surface area contributed by atoms with E-state index in [4.69, 9.17) is 16.3 Å². The molecule has 1 fully saturated rings. The molecule has 21 heavy (non-hydrogen) atoms. The van der Waals surface area contributed by atoms with Gasteiger partial charge < -0.3 is 10.1 Å². The second kappa shape index (κ2) is 7.13. The van der Waals surface area contributed by atoms with Gasteiger partial charge in [0.25, 0.3) is 0 Å². The molecule has 0 bridgehead atoms. The van der Waals surface area contributed by atoms with Crippen LogP contribution in [0.2, 0.25) is 5.02 Å². The Morgan fingerprint density at radius 3 is 2.76 bits per heavy atom. The van der Waals surface area contributed by atoms with Crippen molar-refractivity contribution in [1.82, 2.24) is 5.32 Å². The van der Waals surface area contributed by atoms with E-state index in [1.807, 2.05) is 25.2 Å². The smallest absolute Gasteiger partial charge is 0.0953 e. The lowest BCUT2D eigenvalue weighted by Gasteiger charge is -2.40. The number of halogens is 1. The van der Waals surface area contributed by atoms with Crippen molar-refractivity contribution in [3.05, 3.63) is 34.9 Å². The average Bonchev–Trinajstić information content (AvgIpc) is 2.35. The van der Waals surface area contributed by atoms with Gasteiger partial charge in [-0.1, -0.05) is 44.5 Å². The summed E-state index contributed by atoms with van der Waals surface area (Å²) < 4.78 is 6.46. The Morgan fingerprint density at radius 2 is 2.14 bits per heavy atom. The lowest BCUT2D eigenvalue weighted by Crippen LogP contribution is -2.35. The van der Waals surface area contributed by atoms with Gasteiger partial charge in [-0.2, -0.15) is 0 Å². The normalized spacial score (nSPS) is 26.5. The number of rotatable bonds is 5.